The lowest BCUT2D eigenvalue weighted by Crippen LogP contribution is -1.97. The summed E-state index contributed by atoms with van der Waals surface area (Å²) in [5.41, 5.74) is 0.180. The maximum absolute atomic E-state index is 11.5. The van der Waals surface area contributed by atoms with Crippen molar-refractivity contribution in [2.24, 2.45) is 0 Å². The van der Waals surface area contributed by atoms with Crippen LogP contribution in [0.2, 0.25) is 0 Å². The topological polar surface area (TPSA) is 40.9 Å². The zero-order chi connectivity index (χ0) is 10.8. The predicted octanol–water partition coefficient (Wildman–Crippen LogP) is 2.55. The summed E-state index contributed by atoms with van der Waals surface area (Å²) in [5.74, 6) is -0.826. The van der Waals surface area contributed by atoms with Crippen LogP contribution in [-0.2, 0) is 0 Å². The highest BCUT2D eigenvalue weighted by molar-refractivity contribution is 9.10. The number of benzene rings is 1. The molecule has 0 saturated heterocycles. The van der Waals surface area contributed by atoms with Crippen LogP contribution in [0.1, 0.15) is 19.5 Å². The molecule has 0 N–H and O–H groups in total. The second-order valence-corrected chi connectivity index (χ2v) is 2.90. The molecular weight excluding hydrogens is 218 g/mol. The molecule has 2 nitrogen and oxygen atoms in total. The van der Waals surface area contributed by atoms with Crippen molar-refractivity contribution in [1.29, 1.82) is 5.26 Å². The predicted molar refractivity (Wildman–Crippen MR) is 48.7 cm³/mol. The number of carbonyl (C=O) groups is 1. The molecule has 0 atom stereocenters. The average Bonchev–Trinajstić information content (AvgIpc) is 2.17. The van der Waals surface area contributed by atoms with E-state index >= 15 is 0 Å². The lowest BCUT2D eigenvalue weighted by Gasteiger charge is -1.98. The Hall–Kier alpha value is -1.14. The number of rotatable bonds is 2. The van der Waals surface area contributed by atoms with Crippen molar-refractivity contribution in [3.63, 3.8) is 0 Å². The van der Waals surface area contributed by atoms with Crippen molar-refractivity contribution in [3.05, 3.63) is 34.3 Å². The Labute approximate surface area is 81.8 Å². The minimum absolute atomic E-state index is 0.180. The zero-order valence-electron chi connectivity index (χ0n) is 8.04. The number of hydrogen-bond acceptors (Lipinski definition) is 2. The summed E-state index contributed by atoms with van der Waals surface area (Å²) in [7, 11) is 0. The van der Waals surface area contributed by atoms with Crippen molar-refractivity contribution in [1.82, 2.24) is 0 Å². The molecular formula is C9H6BrNO. The third-order valence-electron chi connectivity index (χ3n) is 1.29. The molecule has 1 rings (SSSR count). The number of halogens is 1. The Morgan fingerprint density at radius 2 is 2.33 bits per heavy atom. The van der Waals surface area contributed by atoms with E-state index in [-0.39, 0.29) is 5.56 Å². The first-order valence-corrected chi connectivity index (χ1v) is 3.99. The molecule has 0 saturated carbocycles. The van der Waals surface area contributed by atoms with Gasteiger partial charge in [-0.1, -0.05) is 34.1 Å². The molecule has 0 aromatic heterocycles. The Bertz CT molecular complexity index is 412. The molecule has 1 aromatic rings. The fraction of sp³-hybridized carbons (Fsp3) is 0.111. The van der Waals surface area contributed by atoms with Crippen LogP contribution in [-0.4, -0.2) is 5.78 Å². The molecule has 0 unspecified atom stereocenters. The third-order valence-corrected chi connectivity index (χ3v) is 1.98. The minimum Gasteiger partial charge on any atom is -0.293 e. The quantitative estimate of drug-likeness (QED) is 0.727. The van der Waals surface area contributed by atoms with E-state index in [0.717, 1.165) is 0 Å². The summed E-state index contributed by atoms with van der Waals surface area (Å²) < 4.78 is 14.8. The number of nitrogens with zero attached hydrogens (tertiary/aromatic N) is 1. The van der Waals surface area contributed by atoms with Gasteiger partial charge in [-0.2, -0.15) is 5.26 Å². The van der Waals surface area contributed by atoms with Crippen LogP contribution < -0.4 is 0 Å². The van der Waals surface area contributed by atoms with Gasteiger partial charge in [-0.3, -0.25) is 4.79 Å². The van der Waals surface area contributed by atoms with Gasteiger partial charge in [-0.05, 0) is 6.07 Å². The highest BCUT2D eigenvalue weighted by Gasteiger charge is 2.07. The number of ketones is 1. The molecule has 3 heteroatoms. The lowest BCUT2D eigenvalue weighted by atomic mass is 10.1. The van der Waals surface area contributed by atoms with Gasteiger partial charge in [0.2, 0.25) is 0 Å². The fourth-order valence-electron chi connectivity index (χ4n) is 0.763. The van der Waals surface area contributed by atoms with Gasteiger partial charge in [0.1, 0.15) is 0 Å². The van der Waals surface area contributed by atoms with Gasteiger partial charge in [-0.15, -0.1) is 0 Å². The number of Topliss-reactive ketones (excluding diaryl/α,β-unsaturated/α-hetero) is 1. The molecule has 0 fully saturated rings. The molecule has 0 bridgehead atoms. The molecule has 60 valence electrons. The molecule has 1 aromatic carbocycles. The highest BCUT2D eigenvalue weighted by atomic mass is 79.9. The summed E-state index contributed by atoms with van der Waals surface area (Å²) in [5, 5.41) is 8.46. The molecule has 0 radical (unpaired) electrons. The van der Waals surface area contributed by atoms with Crippen molar-refractivity contribution in [2.75, 3.05) is 0 Å². The standard InChI is InChI=1S/C9H6BrNO/c10-8-4-2-1-3-7(8)9(12)5-6-11/h1-4H,5H2/i5D2. The monoisotopic (exact) mass is 225 g/mol. The average molecular weight is 226 g/mol. The van der Waals surface area contributed by atoms with E-state index in [1.54, 1.807) is 18.2 Å². The first kappa shape index (κ1) is 6.38. The van der Waals surface area contributed by atoms with Crippen molar-refractivity contribution in [2.45, 2.75) is 6.37 Å². The summed E-state index contributed by atoms with van der Waals surface area (Å²) in [6.45, 7) is 0. The van der Waals surface area contributed by atoms with Gasteiger partial charge in [0.25, 0.3) is 0 Å². The van der Waals surface area contributed by atoms with Gasteiger partial charge >= 0.3 is 0 Å². The number of hydrogen-bond donors (Lipinski definition) is 0. The van der Waals surface area contributed by atoms with Crippen LogP contribution in [0.5, 0.6) is 0 Å². The van der Waals surface area contributed by atoms with E-state index in [1.807, 2.05) is 0 Å². The fourth-order valence-corrected chi connectivity index (χ4v) is 1.23. The second kappa shape index (κ2) is 4.03. The lowest BCUT2D eigenvalue weighted by molar-refractivity contribution is 0.0997. The van der Waals surface area contributed by atoms with Gasteiger partial charge in [0.05, 0.1) is 15.2 Å². The molecule has 0 spiro atoms. The summed E-state index contributed by atoms with van der Waals surface area (Å²) >= 11 is 3.12. The third kappa shape index (κ3) is 1.93. The largest absolute Gasteiger partial charge is 0.293 e. The van der Waals surface area contributed by atoms with Crippen molar-refractivity contribution < 1.29 is 7.54 Å². The maximum Gasteiger partial charge on any atom is 0.178 e. The van der Waals surface area contributed by atoms with E-state index in [2.05, 4.69) is 15.9 Å². The molecule has 0 aliphatic heterocycles. The second-order valence-electron chi connectivity index (χ2n) is 2.05. The SMILES string of the molecule is [2H]C([2H])(C#N)C(=O)c1ccccc1Br. The van der Waals surface area contributed by atoms with Crippen molar-refractivity contribution in [3.8, 4) is 6.07 Å². The zero-order valence-corrected chi connectivity index (χ0v) is 7.63. The maximum atomic E-state index is 11.5. The highest BCUT2D eigenvalue weighted by Crippen LogP contribution is 2.16. The first-order chi connectivity index (χ1) is 6.49. The minimum atomic E-state index is -2.47. The van der Waals surface area contributed by atoms with Crippen LogP contribution in [0.25, 0.3) is 0 Å². The molecule has 12 heavy (non-hydrogen) atoms. The molecule has 0 amide bonds. The Balaban J connectivity index is 3.16. The summed E-state index contributed by atoms with van der Waals surface area (Å²) in [6, 6.07) is 7.76. The van der Waals surface area contributed by atoms with Crippen LogP contribution in [0.3, 0.4) is 0 Å². The van der Waals surface area contributed by atoms with Crippen LogP contribution in [0, 0.1) is 11.3 Å². The Kier molecular flexibility index (Phi) is 2.14. The van der Waals surface area contributed by atoms with Crippen LogP contribution in [0.15, 0.2) is 28.7 Å². The molecule has 0 heterocycles. The number of carbonyl (C=O) groups excluding carboxylic acids is 1. The van der Waals surface area contributed by atoms with E-state index in [1.165, 1.54) is 12.1 Å². The van der Waals surface area contributed by atoms with E-state index in [0.29, 0.717) is 4.47 Å². The van der Waals surface area contributed by atoms with Crippen LogP contribution >= 0.6 is 15.9 Å². The van der Waals surface area contributed by atoms with Crippen LogP contribution in [0.4, 0.5) is 0 Å². The summed E-state index contributed by atoms with van der Waals surface area (Å²) in [6.07, 6.45) is -2.47. The summed E-state index contributed by atoms with van der Waals surface area (Å²) in [4.78, 5) is 11.5. The van der Waals surface area contributed by atoms with Gasteiger partial charge in [0.15, 0.2) is 5.78 Å². The normalized spacial score (nSPS) is 12.7. The molecule has 0 aliphatic rings. The molecule has 0 aliphatic carbocycles. The smallest absolute Gasteiger partial charge is 0.178 e. The van der Waals surface area contributed by atoms with Crippen molar-refractivity contribution >= 4 is 21.7 Å². The Morgan fingerprint density at radius 1 is 1.67 bits per heavy atom. The first-order valence-electron chi connectivity index (χ1n) is 4.19. The van der Waals surface area contributed by atoms with Gasteiger partial charge in [-0.25, -0.2) is 0 Å². The number of nitriles is 1. The van der Waals surface area contributed by atoms with E-state index < -0.39 is 12.2 Å². The van der Waals surface area contributed by atoms with E-state index in [9.17, 15) is 4.79 Å². The Morgan fingerprint density at radius 3 is 2.92 bits per heavy atom. The van der Waals surface area contributed by atoms with E-state index in [4.69, 9.17) is 8.00 Å². The van der Waals surface area contributed by atoms with Gasteiger partial charge in [0, 0.05) is 10.0 Å². The van der Waals surface area contributed by atoms with Gasteiger partial charge < -0.3 is 0 Å².